The van der Waals surface area contributed by atoms with Gasteiger partial charge >= 0.3 is 0 Å². The quantitative estimate of drug-likeness (QED) is 0.807. The number of hydrogen-bond acceptors (Lipinski definition) is 6. The molecule has 3 fully saturated rings. The summed E-state index contributed by atoms with van der Waals surface area (Å²) in [4.78, 5) is 23.4. The summed E-state index contributed by atoms with van der Waals surface area (Å²) in [5.41, 5.74) is 0.468. The second-order valence-electron chi connectivity index (χ2n) is 8.66. The molecule has 3 saturated heterocycles. The Labute approximate surface area is 170 Å². The smallest absolute Gasteiger partial charge is 0.254 e. The van der Waals surface area contributed by atoms with Gasteiger partial charge in [0.1, 0.15) is 17.3 Å². The minimum atomic E-state index is -0.106. The maximum absolute atomic E-state index is 12.6. The van der Waals surface area contributed by atoms with Gasteiger partial charge in [0.2, 0.25) is 0 Å². The van der Waals surface area contributed by atoms with Gasteiger partial charge in [-0.2, -0.15) is 0 Å². The van der Waals surface area contributed by atoms with Crippen LogP contribution in [-0.4, -0.2) is 52.1 Å². The van der Waals surface area contributed by atoms with Gasteiger partial charge in [0.25, 0.3) is 5.91 Å². The van der Waals surface area contributed by atoms with Crippen LogP contribution in [0.15, 0.2) is 28.9 Å². The van der Waals surface area contributed by atoms with Crippen LogP contribution >= 0.6 is 0 Å². The Morgan fingerprint density at radius 3 is 2.90 bits per heavy atom. The normalized spacial score (nSPS) is 30.6. The number of fused-ring (bicyclic) bond motifs is 1. The molecule has 1 spiro atoms. The minimum Gasteiger partial charge on any atom is -0.465 e. The van der Waals surface area contributed by atoms with Gasteiger partial charge in [-0.25, -0.2) is 9.97 Å². The first kappa shape index (κ1) is 18.8. The molecule has 5 rings (SSSR count). The summed E-state index contributed by atoms with van der Waals surface area (Å²) >= 11 is 0. The Bertz CT molecular complexity index is 896. The van der Waals surface area contributed by atoms with Crippen LogP contribution in [0, 0.1) is 18.8 Å². The number of aromatic nitrogens is 2. The number of nitrogens with zero attached hydrogens (tertiary/aromatic N) is 3. The van der Waals surface area contributed by atoms with Gasteiger partial charge in [0, 0.05) is 50.3 Å². The van der Waals surface area contributed by atoms with Gasteiger partial charge < -0.3 is 14.5 Å². The van der Waals surface area contributed by atoms with Crippen molar-refractivity contribution in [2.24, 2.45) is 11.8 Å². The molecule has 7 nitrogen and oxygen atoms in total. The van der Waals surface area contributed by atoms with E-state index in [1.807, 2.05) is 19.9 Å². The van der Waals surface area contributed by atoms with Gasteiger partial charge in [0.15, 0.2) is 0 Å². The number of furan rings is 1. The third-order valence-corrected chi connectivity index (χ3v) is 6.81. The molecule has 5 heterocycles. The van der Waals surface area contributed by atoms with E-state index >= 15 is 0 Å². The number of likely N-dealkylation sites (tertiary alicyclic amines) is 1. The first-order valence-electron chi connectivity index (χ1n) is 10.6. The third kappa shape index (κ3) is 3.36. The predicted molar refractivity (Wildman–Crippen MR) is 106 cm³/mol. The summed E-state index contributed by atoms with van der Waals surface area (Å²) < 4.78 is 12.3. The lowest BCUT2D eigenvalue weighted by atomic mass is 9.73. The standard InChI is InChI=1S/C22H28N4O3/c1-3-20-23-8-15(9-24-20)21(27)25-10-17-18-12-26(11-16-5-4-14(2)28-16)13-22(18)7-6-19(17)29-22/h4-5,8-9,17-19H,3,6-7,10-13H2,1-2H3,(H,25,27)/t17-,18+,19+,22+/m0/s1. The van der Waals surface area contributed by atoms with Crippen molar-refractivity contribution in [1.82, 2.24) is 20.2 Å². The van der Waals surface area contributed by atoms with Crippen LogP contribution < -0.4 is 5.32 Å². The van der Waals surface area contributed by atoms with E-state index in [0.29, 0.717) is 23.9 Å². The zero-order valence-corrected chi connectivity index (χ0v) is 17.1. The molecule has 1 N–H and O–H groups in total. The van der Waals surface area contributed by atoms with E-state index in [2.05, 4.69) is 26.3 Å². The number of nitrogens with one attached hydrogen (secondary N) is 1. The largest absolute Gasteiger partial charge is 0.465 e. The van der Waals surface area contributed by atoms with Crippen molar-refractivity contribution in [3.8, 4) is 0 Å². The fourth-order valence-corrected chi connectivity index (χ4v) is 5.44. The second kappa shape index (κ2) is 7.22. The number of rotatable bonds is 6. The Morgan fingerprint density at radius 1 is 1.34 bits per heavy atom. The lowest BCUT2D eigenvalue weighted by Gasteiger charge is -2.29. The van der Waals surface area contributed by atoms with Crippen LogP contribution in [0.1, 0.15) is 47.5 Å². The van der Waals surface area contributed by atoms with Gasteiger partial charge in [-0.1, -0.05) is 6.92 Å². The Hall–Kier alpha value is -2.25. The molecule has 29 heavy (non-hydrogen) atoms. The molecule has 0 aliphatic carbocycles. The molecule has 3 aliphatic rings. The van der Waals surface area contributed by atoms with Crippen molar-refractivity contribution < 1.29 is 13.9 Å². The van der Waals surface area contributed by atoms with Crippen LogP contribution in [0.2, 0.25) is 0 Å². The molecule has 2 aromatic heterocycles. The maximum Gasteiger partial charge on any atom is 0.254 e. The van der Waals surface area contributed by atoms with Crippen molar-refractivity contribution >= 4 is 5.91 Å². The van der Waals surface area contributed by atoms with E-state index in [9.17, 15) is 4.79 Å². The molecule has 0 unspecified atom stereocenters. The fourth-order valence-electron chi connectivity index (χ4n) is 5.44. The topological polar surface area (TPSA) is 80.5 Å². The number of aryl methyl sites for hydroxylation is 2. The molecule has 0 radical (unpaired) electrons. The molecule has 1 amide bonds. The lowest BCUT2D eigenvalue weighted by molar-refractivity contribution is 0.00166. The summed E-state index contributed by atoms with van der Waals surface area (Å²) in [7, 11) is 0. The van der Waals surface area contributed by atoms with Crippen molar-refractivity contribution in [3.05, 3.63) is 47.4 Å². The fraction of sp³-hybridized carbons (Fsp3) is 0.591. The second-order valence-corrected chi connectivity index (χ2v) is 8.66. The summed E-state index contributed by atoms with van der Waals surface area (Å²) in [6, 6.07) is 4.07. The first-order valence-corrected chi connectivity index (χ1v) is 10.6. The molecule has 0 aromatic carbocycles. The van der Waals surface area contributed by atoms with E-state index < -0.39 is 0 Å². The SMILES string of the molecule is CCc1ncc(C(=O)NC[C@H]2[C@H]3CN(Cc4ccc(C)o4)C[C@]34CC[C@H]2O4)cn1. The molecule has 2 bridgehead atoms. The van der Waals surface area contributed by atoms with Crippen molar-refractivity contribution in [2.45, 2.75) is 51.4 Å². The van der Waals surface area contributed by atoms with Gasteiger partial charge in [0.05, 0.1) is 23.8 Å². The highest BCUT2D eigenvalue weighted by Crippen LogP contribution is 2.54. The highest BCUT2D eigenvalue weighted by Gasteiger charge is 2.62. The lowest BCUT2D eigenvalue weighted by Crippen LogP contribution is -2.42. The number of carbonyl (C=O) groups excluding carboxylic acids is 1. The predicted octanol–water partition coefficient (Wildman–Crippen LogP) is 2.35. The molecule has 0 saturated carbocycles. The van der Waals surface area contributed by atoms with Gasteiger partial charge in [-0.15, -0.1) is 0 Å². The van der Waals surface area contributed by atoms with E-state index in [1.54, 1.807) is 12.4 Å². The van der Waals surface area contributed by atoms with Crippen molar-refractivity contribution in [1.29, 1.82) is 0 Å². The monoisotopic (exact) mass is 396 g/mol. The molecule has 154 valence electrons. The number of carbonyl (C=O) groups is 1. The van der Waals surface area contributed by atoms with E-state index in [1.165, 1.54) is 0 Å². The molecule has 2 aromatic rings. The Kier molecular flexibility index (Phi) is 4.67. The Balaban J connectivity index is 1.22. The Morgan fingerprint density at radius 2 is 2.17 bits per heavy atom. The van der Waals surface area contributed by atoms with Crippen LogP contribution in [0.25, 0.3) is 0 Å². The number of ether oxygens (including phenoxy) is 1. The molecular weight excluding hydrogens is 368 g/mol. The highest BCUT2D eigenvalue weighted by atomic mass is 16.5. The maximum atomic E-state index is 12.6. The first-order chi connectivity index (χ1) is 14.1. The van der Waals surface area contributed by atoms with Gasteiger partial charge in [-0.3, -0.25) is 9.69 Å². The minimum absolute atomic E-state index is 0.0480. The molecule has 3 aliphatic heterocycles. The molecule has 7 heteroatoms. The highest BCUT2D eigenvalue weighted by molar-refractivity contribution is 5.93. The summed E-state index contributed by atoms with van der Waals surface area (Å²) in [6.45, 7) is 7.37. The van der Waals surface area contributed by atoms with Crippen LogP contribution in [-0.2, 0) is 17.7 Å². The van der Waals surface area contributed by atoms with Crippen LogP contribution in [0.3, 0.4) is 0 Å². The van der Waals surface area contributed by atoms with E-state index in [4.69, 9.17) is 9.15 Å². The van der Waals surface area contributed by atoms with Gasteiger partial charge in [-0.05, 0) is 31.9 Å². The summed E-state index contributed by atoms with van der Waals surface area (Å²) in [6.07, 6.45) is 6.45. The van der Waals surface area contributed by atoms with Crippen molar-refractivity contribution in [2.75, 3.05) is 19.6 Å². The summed E-state index contributed by atoms with van der Waals surface area (Å²) in [5.74, 6) is 3.41. The zero-order chi connectivity index (χ0) is 20.0. The molecule has 4 atom stereocenters. The molecular formula is C22H28N4O3. The number of amides is 1. The third-order valence-electron chi connectivity index (χ3n) is 6.81. The zero-order valence-electron chi connectivity index (χ0n) is 17.1. The van der Waals surface area contributed by atoms with Crippen LogP contribution in [0.4, 0.5) is 0 Å². The van der Waals surface area contributed by atoms with Crippen LogP contribution in [0.5, 0.6) is 0 Å². The summed E-state index contributed by atoms with van der Waals surface area (Å²) in [5, 5.41) is 3.10. The van der Waals surface area contributed by atoms with Crippen molar-refractivity contribution in [3.63, 3.8) is 0 Å². The van der Waals surface area contributed by atoms with E-state index in [-0.39, 0.29) is 17.6 Å². The average Bonchev–Trinajstić information content (AvgIpc) is 3.47. The average molecular weight is 396 g/mol. The van der Waals surface area contributed by atoms with E-state index in [0.717, 1.165) is 56.2 Å². The number of hydrogen-bond donors (Lipinski definition) is 1.